The van der Waals surface area contributed by atoms with Crippen LogP contribution in [0.3, 0.4) is 0 Å². The highest BCUT2D eigenvalue weighted by Gasteiger charge is 2.11. The van der Waals surface area contributed by atoms with Crippen LogP contribution in [0, 0.1) is 5.92 Å². The number of rotatable bonds is 7. The second kappa shape index (κ2) is 8.79. The number of anilines is 1. The highest BCUT2D eigenvalue weighted by Crippen LogP contribution is 2.24. The Morgan fingerprint density at radius 2 is 2.14 bits per heavy atom. The molecule has 0 spiro atoms. The zero-order valence-corrected chi connectivity index (χ0v) is 13.9. The molecule has 0 aliphatic rings. The maximum atomic E-state index is 11.8. The summed E-state index contributed by atoms with van der Waals surface area (Å²) < 4.78 is 5.57. The highest BCUT2D eigenvalue weighted by molar-refractivity contribution is 9.10. The third-order valence-electron chi connectivity index (χ3n) is 3.02. The molecule has 0 radical (unpaired) electrons. The van der Waals surface area contributed by atoms with Gasteiger partial charge in [0.1, 0.15) is 0 Å². The predicted molar refractivity (Wildman–Crippen MR) is 86.2 cm³/mol. The van der Waals surface area contributed by atoms with Crippen LogP contribution < -0.4 is 11.1 Å². The molecule has 116 valence electrons. The average molecular weight is 357 g/mol. The first-order valence-electron chi connectivity index (χ1n) is 6.94. The lowest BCUT2D eigenvalue weighted by Crippen LogP contribution is -2.16. The number of halogens is 1. The summed E-state index contributed by atoms with van der Waals surface area (Å²) >= 11 is 3.35. The molecule has 6 heteroatoms. The van der Waals surface area contributed by atoms with Gasteiger partial charge in [0.2, 0.25) is 5.91 Å². The molecule has 1 rings (SSSR count). The summed E-state index contributed by atoms with van der Waals surface area (Å²) in [6.07, 6.45) is 1.17. The van der Waals surface area contributed by atoms with Gasteiger partial charge in [-0.25, -0.2) is 4.79 Å². The van der Waals surface area contributed by atoms with Gasteiger partial charge in [-0.05, 0) is 59.9 Å². The predicted octanol–water partition coefficient (Wildman–Crippen LogP) is 2.94. The number of nitrogens with two attached hydrogens (primary N) is 1. The van der Waals surface area contributed by atoms with Gasteiger partial charge in [-0.3, -0.25) is 4.79 Å². The van der Waals surface area contributed by atoms with E-state index in [0.29, 0.717) is 41.2 Å². The van der Waals surface area contributed by atoms with Gasteiger partial charge in [0, 0.05) is 10.9 Å². The molecule has 0 aliphatic heterocycles. The number of nitrogens with one attached hydrogen (secondary N) is 1. The standard InChI is InChI=1S/C15H21BrN2O3/c1-3-21-15(20)11-5-6-13(12(16)8-11)18-14(19)7-4-10(2)9-17/h5-6,8,10H,3-4,7,9,17H2,1-2H3,(H,18,19). The Bertz CT molecular complexity index is 506. The van der Waals surface area contributed by atoms with Crippen molar-refractivity contribution in [1.29, 1.82) is 0 Å². The van der Waals surface area contributed by atoms with Crippen LogP contribution >= 0.6 is 15.9 Å². The summed E-state index contributed by atoms with van der Waals surface area (Å²) in [5, 5.41) is 2.81. The quantitative estimate of drug-likeness (QED) is 0.735. The van der Waals surface area contributed by atoms with Crippen molar-refractivity contribution in [3.63, 3.8) is 0 Å². The molecule has 0 saturated carbocycles. The van der Waals surface area contributed by atoms with Crippen molar-refractivity contribution in [2.24, 2.45) is 11.7 Å². The molecule has 3 N–H and O–H groups in total. The molecule has 1 aromatic rings. The Balaban J connectivity index is 2.64. The van der Waals surface area contributed by atoms with Crippen LogP contribution in [0.4, 0.5) is 5.69 Å². The lowest BCUT2D eigenvalue weighted by atomic mass is 10.1. The number of ether oxygens (including phenoxy) is 1. The molecule has 1 aromatic carbocycles. The number of carbonyl (C=O) groups excluding carboxylic acids is 2. The van der Waals surface area contributed by atoms with Crippen LogP contribution in [-0.2, 0) is 9.53 Å². The van der Waals surface area contributed by atoms with E-state index in [2.05, 4.69) is 21.2 Å². The van der Waals surface area contributed by atoms with Crippen molar-refractivity contribution < 1.29 is 14.3 Å². The van der Waals surface area contributed by atoms with Gasteiger partial charge in [0.25, 0.3) is 0 Å². The number of hydrogen-bond acceptors (Lipinski definition) is 4. The minimum atomic E-state index is -0.382. The van der Waals surface area contributed by atoms with Crippen molar-refractivity contribution in [2.45, 2.75) is 26.7 Å². The fraction of sp³-hybridized carbons (Fsp3) is 0.467. The summed E-state index contributed by atoms with van der Waals surface area (Å²) in [4.78, 5) is 23.4. The number of carbonyl (C=O) groups is 2. The summed E-state index contributed by atoms with van der Waals surface area (Å²) in [6, 6.07) is 4.94. The largest absolute Gasteiger partial charge is 0.462 e. The van der Waals surface area contributed by atoms with Crippen LogP contribution in [0.5, 0.6) is 0 Å². The molecule has 0 aromatic heterocycles. The smallest absolute Gasteiger partial charge is 0.338 e. The molecule has 0 saturated heterocycles. The Labute approximate surface area is 133 Å². The van der Waals surface area contributed by atoms with E-state index in [9.17, 15) is 9.59 Å². The second-order valence-electron chi connectivity index (χ2n) is 4.84. The van der Waals surface area contributed by atoms with Crippen molar-refractivity contribution in [2.75, 3.05) is 18.5 Å². The number of amides is 1. The topological polar surface area (TPSA) is 81.4 Å². The van der Waals surface area contributed by atoms with Crippen molar-refractivity contribution in [3.05, 3.63) is 28.2 Å². The zero-order valence-electron chi connectivity index (χ0n) is 12.3. The SMILES string of the molecule is CCOC(=O)c1ccc(NC(=O)CCC(C)CN)c(Br)c1. The Hall–Kier alpha value is -1.40. The molecule has 1 unspecified atom stereocenters. The zero-order chi connectivity index (χ0) is 15.8. The van der Waals surface area contributed by atoms with Gasteiger partial charge in [-0.2, -0.15) is 0 Å². The maximum absolute atomic E-state index is 11.8. The van der Waals surface area contributed by atoms with Gasteiger partial charge in [-0.1, -0.05) is 6.92 Å². The molecular weight excluding hydrogens is 336 g/mol. The third kappa shape index (κ3) is 5.85. The lowest BCUT2D eigenvalue weighted by Gasteiger charge is -2.11. The molecule has 0 aliphatic carbocycles. The minimum absolute atomic E-state index is 0.0696. The molecule has 0 fully saturated rings. The maximum Gasteiger partial charge on any atom is 0.338 e. The van der Waals surface area contributed by atoms with E-state index in [-0.39, 0.29) is 11.9 Å². The van der Waals surface area contributed by atoms with Crippen LogP contribution in [0.2, 0.25) is 0 Å². The van der Waals surface area contributed by atoms with E-state index in [1.54, 1.807) is 25.1 Å². The van der Waals surface area contributed by atoms with Crippen molar-refractivity contribution in [1.82, 2.24) is 0 Å². The summed E-state index contributed by atoms with van der Waals surface area (Å²) in [5.74, 6) is -0.127. The van der Waals surface area contributed by atoms with Crippen LogP contribution in [0.1, 0.15) is 37.0 Å². The number of esters is 1. The average Bonchev–Trinajstić information content (AvgIpc) is 2.47. The second-order valence-corrected chi connectivity index (χ2v) is 5.70. The monoisotopic (exact) mass is 356 g/mol. The van der Waals surface area contributed by atoms with Crippen molar-refractivity contribution >= 4 is 33.5 Å². The van der Waals surface area contributed by atoms with Gasteiger partial charge >= 0.3 is 5.97 Å². The van der Waals surface area contributed by atoms with E-state index < -0.39 is 0 Å². The van der Waals surface area contributed by atoms with E-state index >= 15 is 0 Å². The summed E-state index contributed by atoms with van der Waals surface area (Å²) in [6.45, 7) is 4.67. The van der Waals surface area contributed by atoms with E-state index in [1.165, 1.54) is 0 Å². The van der Waals surface area contributed by atoms with E-state index in [0.717, 1.165) is 6.42 Å². The normalized spacial score (nSPS) is 11.8. The lowest BCUT2D eigenvalue weighted by molar-refractivity contribution is -0.116. The van der Waals surface area contributed by atoms with Gasteiger partial charge in [-0.15, -0.1) is 0 Å². The van der Waals surface area contributed by atoms with Gasteiger partial charge < -0.3 is 15.8 Å². The number of hydrogen-bond donors (Lipinski definition) is 2. The van der Waals surface area contributed by atoms with E-state index in [1.807, 2.05) is 6.92 Å². The first-order valence-corrected chi connectivity index (χ1v) is 7.73. The molecule has 0 heterocycles. The van der Waals surface area contributed by atoms with Crippen molar-refractivity contribution in [3.8, 4) is 0 Å². The molecule has 21 heavy (non-hydrogen) atoms. The molecular formula is C15H21BrN2O3. The van der Waals surface area contributed by atoms with E-state index in [4.69, 9.17) is 10.5 Å². The first-order chi connectivity index (χ1) is 9.97. The van der Waals surface area contributed by atoms with Crippen LogP contribution in [0.25, 0.3) is 0 Å². The van der Waals surface area contributed by atoms with Crippen LogP contribution in [0.15, 0.2) is 22.7 Å². The molecule has 1 amide bonds. The first kappa shape index (κ1) is 17.7. The molecule has 0 bridgehead atoms. The van der Waals surface area contributed by atoms with Gasteiger partial charge in [0.15, 0.2) is 0 Å². The minimum Gasteiger partial charge on any atom is -0.462 e. The van der Waals surface area contributed by atoms with Crippen LogP contribution in [-0.4, -0.2) is 25.0 Å². The highest BCUT2D eigenvalue weighted by atomic mass is 79.9. The Kier molecular flexibility index (Phi) is 7.39. The Morgan fingerprint density at radius 3 is 2.71 bits per heavy atom. The molecule has 5 nitrogen and oxygen atoms in total. The van der Waals surface area contributed by atoms with Gasteiger partial charge in [0.05, 0.1) is 17.9 Å². The summed E-state index contributed by atoms with van der Waals surface area (Å²) in [7, 11) is 0. The summed E-state index contributed by atoms with van der Waals surface area (Å²) in [5.41, 5.74) is 6.60. The fourth-order valence-electron chi connectivity index (χ4n) is 1.67. The number of benzene rings is 1. The fourth-order valence-corrected chi connectivity index (χ4v) is 2.14. The molecule has 1 atom stereocenters. The Morgan fingerprint density at radius 1 is 1.43 bits per heavy atom. The third-order valence-corrected chi connectivity index (χ3v) is 3.68.